The average Bonchev–Trinajstić information content (AvgIpc) is 2.72. The fourth-order valence-corrected chi connectivity index (χ4v) is 4.10. The molecule has 1 amide bonds. The molecule has 0 saturated carbocycles. The highest BCUT2D eigenvalue weighted by Gasteiger charge is 2.15. The number of nitrogens with one attached hydrogen (secondary N) is 1. The Morgan fingerprint density at radius 2 is 1.90 bits per heavy atom. The van der Waals surface area contributed by atoms with Gasteiger partial charge >= 0.3 is 0 Å². The Bertz CT molecular complexity index is 1140. The Hall–Kier alpha value is -2.67. The van der Waals surface area contributed by atoms with Gasteiger partial charge in [-0.05, 0) is 47.7 Å². The molecule has 3 aromatic rings. The van der Waals surface area contributed by atoms with Crippen molar-refractivity contribution in [3.63, 3.8) is 0 Å². The minimum Gasteiger partial charge on any atom is -0.352 e. The van der Waals surface area contributed by atoms with E-state index in [2.05, 4.69) is 5.32 Å². The first-order chi connectivity index (χ1) is 14.7. The maximum Gasteiger partial charge on any atom is 0.262 e. The van der Waals surface area contributed by atoms with Crippen LogP contribution in [0.2, 0.25) is 0 Å². The van der Waals surface area contributed by atoms with Crippen molar-refractivity contribution >= 4 is 28.6 Å². The number of carbonyl (C=O) groups excluding carboxylic acids is 1. The smallest absolute Gasteiger partial charge is 0.262 e. The number of benzene rings is 2. The average molecular weight is 442 g/mol. The van der Waals surface area contributed by atoms with E-state index in [4.69, 9.17) is 4.98 Å². The third-order valence-corrected chi connectivity index (χ3v) is 5.71. The first kappa shape index (κ1) is 23.0. The third-order valence-electron chi connectivity index (χ3n) is 4.66. The normalized spacial score (nSPS) is 11.5. The van der Waals surface area contributed by atoms with Crippen LogP contribution in [0.25, 0.3) is 10.9 Å². The summed E-state index contributed by atoms with van der Waals surface area (Å²) in [6.07, 6.45) is 0. The van der Waals surface area contributed by atoms with Gasteiger partial charge in [0.1, 0.15) is 5.82 Å². The van der Waals surface area contributed by atoms with E-state index in [0.717, 1.165) is 5.56 Å². The fourth-order valence-electron chi connectivity index (χ4n) is 3.15. The minimum absolute atomic E-state index is 0.130. The van der Waals surface area contributed by atoms with Crippen LogP contribution in [0.3, 0.4) is 0 Å². The predicted molar refractivity (Wildman–Crippen MR) is 124 cm³/mol. The largest absolute Gasteiger partial charge is 0.352 e. The second-order valence-electron chi connectivity index (χ2n) is 8.46. The van der Waals surface area contributed by atoms with E-state index in [1.54, 1.807) is 28.8 Å². The number of aromatic nitrogens is 2. The third kappa shape index (κ3) is 5.94. The van der Waals surface area contributed by atoms with Crippen LogP contribution >= 0.6 is 11.8 Å². The van der Waals surface area contributed by atoms with Crippen molar-refractivity contribution in [3.8, 4) is 0 Å². The first-order valence-electron chi connectivity index (χ1n) is 10.4. The lowest BCUT2D eigenvalue weighted by Crippen LogP contribution is -2.28. The highest BCUT2D eigenvalue weighted by molar-refractivity contribution is 7.98. The topological polar surface area (TPSA) is 64.0 Å². The van der Waals surface area contributed by atoms with Crippen molar-refractivity contribution in [1.82, 2.24) is 14.9 Å². The molecule has 0 aliphatic heterocycles. The molecular weight excluding hydrogens is 413 g/mol. The number of amides is 1. The molecule has 7 heteroatoms. The van der Waals surface area contributed by atoms with E-state index in [0.29, 0.717) is 46.4 Å². The summed E-state index contributed by atoms with van der Waals surface area (Å²) in [5.74, 6) is 0.615. The van der Waals surface area contributed by atoms with Crippen molar-refractivity contribution in [1.29, 1.82) is 0 Å². The van der Waals surface area contributed by atoms with Crippen molar-refractivity contribution < 1.29 is 9.18 Å². The van der Waals surface area contributed by atoms with Gasteiger partial charge in [0.15, 0.2) is 5.16 Å². The van der Waals surface area contributed by atoms with Gasteiger partial charge in [-0.25, -0.2) is 9.37 Å². The molecule has 5 nitrogen and oxygen atoms in total. The van der Waals surface area contributed by atoms with Crippen molar-refractivity contribution in [3.05, 3.63) is 69.8 Å². The summed E-state index contributed by atoms with van der Waals surface area (Å²) in [4.78, 5) is 30.4. The number of carbonyl (C=O) groups is 1. The van der Waals surface area contributed by atoms with Crippen LogP contribution in [0.15, 0.2) is 52.4 Å². The zero-order chi connectivity index (χ0) is 22.5. The summed E-state index contributed by atoms with van der Waals surface area (Å²) in [6, 6.07) is 11.4. The number of hydrogen-bond donors (Lipinski definition) is 1. The second kappa shape index (κ2) is 10.1. The predicted octanol–water partition coefficient (Wildman–Crippen LogP) is 4.87. The van der Waals surface area contributed by atoms with Gasteiger partial charge in [-0.2, -0.15) is 0 Å². The van der Waals surface area contributed by atoms with Gasteiger partial charge in [0.2, 0.25) is 0 Å². The van der Waals surface area contributed by atoms with Gasteiger partial charge in [-0.15, -0.1) is 0 Å². The molecule has 0 bridgehead atoms. The maximum atomic E-state index is 13.5. The molecule has 0 aliphatic carbocycles. The van der Waals surface area contributed by atoms with Crippen LogP contribution in [-0.2, 0) is 12.3 Å². The van der Waals surface area contributed by atoms with Crippen molar-refractivity contribution in [2.45, 2.75) is 45.1 Å². The summed E-state index contributed by atoms with van der Waals surface area (Å²) in [5.41, 5.74) is 1.65. The minimum atomic E-state index is -0.291. The van der Waals surface area contributed by atoms with Gasteiger partial charge in [-0.3, -0.25) is 14.2 Å². The van der Waals surface area contributed by atoms with Gasteiger partial charge in [0.25, 0.3) is 11.5 Å². The number of fused-ring (bicyclic) bond motifs is 1. The summed E-state index contributed by atoms with van der Waals surface area (Å²) in [6.45, 7) is 9.25. The number of rotatable bonds is 8. The standard InChI is InChI=1S/C24H28FN3O2S/c1-15(2)12-26-22(29)18-8-9-20-21(11-18)27-24(28(23(20)30)13-16(3)4)31-14-17-6-5-7-19(25)10-17/h5-11,15-16H,12-14H2,1-4H3,(H,26,29). The van der Waals surface area contributed by atoms with E-state index in [1.165, 1.54) is 23.9 Å². The summed E-state index contributed by atoms with van der Waals surface area (Å²) in [7, 11) is 0. The van der Waals surface area contributed by atoms with Crippen LogP contribution in [0.4, 0.5) is 4.39 Å². The molecule has 31 heavy (non-hydrogen) atoms. The number of hydrogen-bond acceptors (Lipinski definition) is 4. The molecule has 0 radical (unpaired) electrons. The highest BCUT2D eigenvalue weighted by Crippen LogP contribution is 2.24. The second-order valence-corrected chi connectivity index (χ2v) is 9.40. The van der Waals surface area contributed by atoms with E-state index >= 15 is 0 Å². The zero-order valence-electron chi connectivity index (χ0n) is 18.3. The lowest BCUT2D eigenvalue weighted by atomic mass is 10.1. The molecule has 0 unspecified atom stereocenters. The molecule has 3 rings (SSSR count). The molecule has 2 aromatic carbocycles. The summed E-state index contributed by atoms with van der Waals surface area (Å²) in [5, 5.41) is 3.94. The Labute approximate surface area is 186 Å². The van der Waals surface area contributed by atoms with Gasteiger partial charge in [-0.1, -0.05) is 51.6 Å². The van der Waals surface area contributed by atoms with E-state index in [9.17, 15) is 14.0 Å². The molecule has 164 valence electrons. The van der Waals surface area contributed by atoms with E-state index < -0.39 is 0 Å². The van der Waals surface area contributed by atoms with Gasteiger partial charge < -0.3 is 5.32 Å². The quantitative estimate of drug-likeness (QED) is 0.400. The lowest BCUT2D eigenvalue weighted by Gasteiger charge is -2.15. The van der Waals surface area contributed by atoms with Crippen molar-refractivity contribution in [2.24, 2.45) is 11.8 Å². The maximum absolute atomic E-state index is 13.5. The van der Waals surface area contributed by atoms with Crippen LogP contribution in [0, 0.1) is 17.7 Å². The molecule has 0 fully saturated rings. The lowest BCUT2D eigenvalue weighted by molar-refractivity contribution is 0.0949. The first-order valence-corrected chi connectivity index (χ1v) is 11.4. The van der Waals surface area contributed by atoms with E-state index in [1.807, 2.05) is 33.8 Å². The Balaban J connectivity index is 1.98. The van der Waals surface area contributed by atoms with E-state index in [-0.39, 0.29) is 23.2 Å². The highest BCUT2D eigenvalue weighted by atomic mass is 32.2. The van der Waals surface area contributed by atoms with Gasteiger partial charge in [0.05, 0.1) is 10.9 Å². The van der Waals surface area contributed by atoms with Crippen LogP contribution in [0.1, 0.15) is 43.6 Å². The Morgan fingerprint density at radius 3 is 2.58 bits per heavy atom. The Morgan fingerprint density at radius 1 is 1.13 bits per heavy atom. The number of halogens is 1. The molecule has 0 atom stereocenters. The monoisotopic (exact) mass is 441 g/mol. The van der Waals surface area contributed by atoms with Crippen molar-refractivity contribution in [2.75, 3.05) is 6.54 Å². The zero-order valence-corrected chi connectivity index (χ0v) is 19.1. The summed E-state index contributed by atoms with van der Waals surface area (Å²) >= 11 is 1.39. The summed E-state index contributed by atoms with van der Waals surface area (Å²) < 4.78 is 15.2. The van der Waals surface area contributed by atoms with Crippen LogP contribution in [0.5, 0.6) is 0 Å². The molecule has 1 heterocycles. The van der Waals surface area contributed by atoms with Crippen LogP contribution in [-0.4, -0.2) is 22.0 Å². The molecular formula is C24H28FN3O2S. The Kier molecular flexibility index (Phi) is 7.49. The molecule has 0 spiro atoms. The number of nitrogens with zero attached hydrogens (tertiary/aromatic N) is 2. The SMILES string of the molecule is CC(C)CNC(=O)c1ccc2c(=O)n(CC(C)C)c(SCc3cccc(F)c3)nc2c1. The molecule has 1 aromatic heterocycles. The molecule has 0 aliphatic rings. The fraction of sp³-hybridized carbons (Fsp3) is 0.375. The van der Waals surface area contributed by atoms with Crippen LogP contribution < -0.4 is 10.9 Å². The molecule has 1 N–H and O–H groups in total. The number of thioether (sulfide) groups is 1. The van der Waals surface area contributed by atoms with Gasteiger partial charge in [0, 0.05) is 24.4 Å². The molecule has 0 saturated heterocycles.